The van der Waals surface area contributed by atoms with E-state index in [4.69, 9.17) is 9.47 Å². The van der Waals surface area contributed by atoms with Crippen molar-refractivity contribution in [3.63, 3.8) is 0 Å². The summed E-state index contributed by atoms with van der Waals surface area (Å²) in [4.78, 5) is 0. The molecule has 5 heteroatoms. The van der Waals surface area contributed by atoms with Gasteiger partial charge in [0.1, 0.15) is 11.6 Å². The molecule has 0 aromatic heterocycles. The average Bonchev–Trinajstić information content (AvgIpc) is 2.53. The molecule has 0 saturated carbocycles. The molecule has 1 aliphatic heterocycles. The first kappa shape index (κ1) is 14.8. The third-order valence-corrected chi connectivity index (χ3v) is 3.97. The third-order valence-electron chi connectivity index (χ3n) is 3.97. The lowest BCUT2D eigenvalue weighted by Gasteiger charge is -2.28. The van der Waals surface area contributed by atoms with Crippen molar-refractivity contribution in [2.45, 2.75) is 12.5 Å². The Labute approximate surface area is 127 Å². The summed E-state index contributed by atoms with van der Waals surface area (Å²) in [6.45, 7) is 0.712. The molecule has 3 nitrogen and oxygen atoms in total. The van der Waals surface area contributed by atoms with E-state index in [-0.39, 0.29) is 6.04 Å². The fourth-order valence-electron chi connectivity index (χ4n) is 2.90. The summed E-state index contributed by atoms with van der Waals surface area (Å²) in [5.74, 6) is 0.115. The fourth-order valence-corrected chi connectivity index (χ4v) is 2.90. The van der Waals surface area contributed by atoms with Crippen LogP contribution in [0.3, 0.4) is 0 Å². The van der Waals surface area contributed by atoms with Gasteiger partial charge in [0, 0.05) is 18.2 Å². The largest absolute Gasteiger partial charge is 0.493 e. The molecule has 1 unspecified atom stereocenters. The highest BCUT2D eigenvalue weighted by Gasteiger charge is 2.26. The van der Waals surface area contributed by atoms with Crippen molar-refractivity contribution in [1.82, 2.24) is 5.32 Å². The number of rotatable bonds is 3. The Morgan fingerprint density at radius 2 is 1.73 bits per heavy atom. The minimum atomic E-state index is -0.579. The molecule has 0 bridgehead atoms. The molecule has 0 aliphatic carbocycles. The summed E-state index contributed by atoms with van der Waals surface area (Å²) in [7, 11) is 3.15. The van der Waals surface area contributed by atoms with E-state index in [0.717, 1.165) is 23.6 Å². The molecule has 1 heterocycles. The van der Waals surface area contributed by atoms with E-state index in [9.17, 15) is 8.78 Å². The molecule has 116 valence electrons. The first-order chi connectivity index (χ1) is 10.6. The Kier molecular flexibility index (Phi) is 3.98. The van der Waals surface area contributed by atoms with Crippen LogP contribution in [-0.4, -0.2) is 20.8 Å². The van der Waals surface area contributed by atoms with E-state index >= 15 is 0 Å². The number of ether oxygens (including phenoxy) is 2. The van der Waals surface area contributed by atoms with Crippen LogP contribution in [0.15, 0.2) is 30.3 Å². The molecule has 0 fully saturated rings. The van der Waals surface area contributed by atoms with Gasteiger partial charge >= 0.3 is 0 Å². The molecule has 2 aromatic rings. The summed E-state index contributed by atoms with van der Waals surface area (Å²) in [5, 5.41) is 3.28. The predicted molar refractivity (Wildman–Crippen MR) is 79.5 cm³/mol. The van der Waals surface area contributed by atoms with E-state index in [1.807, 2.05) is 12.1 Å². The second-order valence-electron chi connectivity index (χ2n) is 5.21. The number of methoxy groups -OCH3 is 2. The molecule has 1 N–H and O–H groups in total. The first-order valence-electron chi connectivity index (χ1n) is 7.07. The number of nitrogens with one attached hydrogen (secondary N) is 1. The van der Waals surface area contributed by atoms with Gasteiger partial charge in [-0.2, -0.15) is 0 Å². The third kappa shape index (κ3) is 2.52. The summed E-state index contributed by atoms with van der Waals surface area (Å²) in [6.07, 6.45) is 0.814. The van der Waals surface area contributed by atoms with E-state index in [2.05, 4.69) is 5.32 Å². The lowest BCUT2D eigenvalue weighted by molar-refractivity contribution is 0.352. The van der Waals surface area contributed by atoms with Crippen molar-refractivity contribution in [3.05, 3.63) is 58.7 Å². The Bertz CT molecular complexity index is 703. The van der Waals surface area contributed by atoms with Crippen LogP contribution in [0.1, 0.15) is 22.7 Å². The van der Waals surface area contributed by atoms with Crippen LogP contribution < -0.4 is 14.8 Å². The monoisotopic (exact) mass is 305 g/mol. The van der Waals surface area contributed by atoms with Crippen LogP contribution in [0.5, 0.6) is 11.5 Å². The van der Waals surface area contributed by atoms with E-state index in [1.54, 1.807) is 14.2 Å². The smallest absolute Gasteiger partial charge is 0.161 e. The molecule has 22 heavy (non-hydrogen) atoms. The van der Waals surface area contributed by atoms with Crippen LogP contribution in [0.25, 0.3) is 0 Å². The normalized spacial score (nSPS) is 17.0. The highest BCUT2D eigenvalue weighted by molar-refractivity contribution is 5.51. The fraction of sp³-hybridized carbons (Fsp3) is 0.294. The van der Waals surface area contributed by atoms with E-state index < -0.39 is 11.6 Å². The second-order valence-corrected chi connectivity index (χ2v) is 5.21. The van der Waals surface area contributed by atoms with E-state index in [1.165, 1.54) is 12.1 Å². The van der Waals surface area contributed by atoms with Gasteiger partial charge in [-0.1, -0.05) is 6.07 Å². The Morgan fingerprint density at radius 1 is 1.00 bits per heavy atom. The molecular weight excluding hydrogens is 288 g/mol. The van der Waals surface area contributed by atoms with Gasteiger partial charge in [0.15, 0.2) is 11.5 Å². The van der Waals surface area contributed by atoms with Gasteiger partial charge in [-0.3, -0.25) is 0 Å². The summed E-state index contributed by atoms with van der Waals surface area (Å²) in [6, 6.07) is 7.11. The zero-order valence-corrected chi connectivity index (χ0v) is 12.5. The minimum Gasteiger partial charge on any atom is -0.493 e. The van der Waals surface area contributed by atoms with Gasteiger partial charge < -0.3 is 14.8 Å². The van der Waals surface area contributed by atoms with Gasteiger partial charge in [0.2, 0.25) is 0 Å². The summed E-state index contributed by atoms with van der Waals surface area (Å²) >= 11 is 0. The number of halogens is 2. The van der Waals surface area contributed by atoms with Crippen molar-refractivity contribution in [3.8, 4) is 11.5 Å². The molecule has 0 radical (unpaired) electrons. The highest BCUT2D eigenvalue weighted by atomic mass is 19.1. The van der Waals surface area contributed by atoms with Crippen LogP contribution in [0.4, 0.5) is 8.78 Å². The van der Waals surface area contributed by atoms with Gasteiger partial charge in [0.05, 0.1) is 20.3 Å². The zero-order chi connectivity index (χ0) is 15.7. The van der Waals surface area contributed by atoms with Crippen molar-refractivity contribution in [2.24, 2.45) is 0 Å². The predicted octanol–water partition coefficient (Wildman–Crippen LogP) is 3.22. The van der Waals surface area contributed by atoms with Crippen molar-refractivity contribution in [1.29, 1.82) is 0 Å². The van der Waals surface area contributed by atoms with Crippen molar-refractivity contribution >= 4 is 0 Å². The molecule has 0 amide bonds. The van der Waals surface area contributed by atoms with Gasteiger partial charge in [-0.15, -0.1) is 0 Å². The standard InChI is InChI=1S/C17H17F2NO2/c1-21-15-7-10-5-6-20-17(13(10)9-16(15)22-2)12-4-3-11(18)8-14(12)19/h3-4,7-9,17,20H,5-6H2,1-2H3. The SMILES string of the molecule is COc1cc2c(cc1OC)C(c1ccc(F)cc1F)NCC2. The van der Waals surface area contributed by atoms with Crippen molar-refractivity contribution < 1.29 is 18.3 Å². The molecular formula is C17H17F2NO2. The number of hydrogen-bond acceptors (Lipinski definition) is 3. The maximum Gasteiger partial charge on any atom is 0.161 e. The Balaban J connectivity index is 2.10. The summed E-state index contributed by atoms with van der Waals surface area (Å²) in [5.41, 5.74) is 2.43. The lowest BCUT2D eigenvalue weighted by Crippen LogP contribution is -2.31. The number of benzene rings is 2. The number of hydrogen-bond donors (Lipinski definition) is 1. The first-order valence-corrected chi connectivity index (χ1v) is 7.07. The van der Waals surface area contributed by atoms with E-state index in [0.29, 0.717) is 23.6 Å². The second kappa shape index (κ2) is 5.93. The summed E-state index contributed by atoms with van der Waals surface area (Å²) < 4.78 is 37.9. The minimum absolute atomic E-state index is 0.329. The molecule has 1 atom stereocenters. The number of fused-ring (bicyclic) bond motifs is 1. The Hall–Kier alpha value is -2.14. The van der Waals surface area contributed by atoms with Crippen LogP contribution in [0, 0.1) is 11.6 Å². The van der Waals surface area contributed by atoms with Gasteiger partial charge in [-0.05, 0) is 35.7 Å². The Morgan fingerprint density at radius 3 is 2.41 bits per heavy atom. The highest BCUT2D eigenvalue weighted by Crippen LogP contribution is 2.37. The molecule has 2 aromatic carbocycles. The van der Waals surface area contributed by atoms with Crippen molar-refractivity contribution in [2.75, 3.05) is 20.8 Å². The topological polar surface area (TPSA) is 30.5 Å². The van der Waals surface area contributed by atoms with Gasteiger partial charge in [-0.25, -0.2) is 8.78 Å². The average molecular weight is 305 g/mol. The molecule has 0 saturated heterocycles. The quantitative estimate of drug-likeness (QED) is 0.944. The van der Waals surface area contributed by atoms with Crippen LogP contribution in [-0.2, 0) is 6.42 Å². The maximum atomic E-state index is 14.1. The maximum absolute atomic E-state index is 14.1. The zero-order valence-electron chi connectivity index (χ0n) is 12.5. The molecule has 1 aliphatic rings. The van der Waals surface area contributed by atoms with Crippen LogP contribution >= 0.6 is 0 Å². The molecule has 0 spiro atoms. The lowest BCUT2D eigenvalue weighted by atomic mass is 9.89. The van der Waals surface area contributed by atoms with Gasteiger partial charge in [0.25, 0.3) is 0 Å². The van der Waals surface area contributed by atoms with Crippen LogP contribution in [0.2, 0.25) is 0 Å². The molecule has 3 rings (SSSR count).